The van der Waals surface area contributed by atoms with Crippen molar-refractivity contribution in [1.29, 1.82) is 0 Å². The van der Waals surface area contributed by atoms with Gasteiger partial charge in [-0.05, 0) is 29.8 Å². The van der Waals surface area contributed by atoms with E-state index in [9.17, 15) is 4.79 Å². The van der Waals surface area contributed by atoms with Gasteiger partial charge in [0, 0.05) is 5.69 Å². The molecule has 3 N–H and O–H groups in total. The van der Waals surface area contributed by atoms with Crippen molar-refractivity contribution in [2.24, 2.45) is 5.73 Å². The highest BCUT2D eigenvalue weighted by Crippen LogP contribution is 2.16. The van der Waals surface area contributed by atoms with Gasteiger partial charge in [-0.15, -0.1) is 0 Å². The predicted molar refractivity (Wildman–Crippen MR) is 87.5 cm³/mol. The van der Waals surface area contributed by atoms with E-state index in [4.69, 9.17) is 22.7 Å². The predicted octanol–water partition coefficient (Wildman–Crippen LogP) is 2.53. The highest BCUT2D eigenvalue weighted by molar-refractivity contribution is 7.80. The summed E-state index contributed by atoms with van der Waals surface area (Å²) in [4.78, 5) is 12.2. The van der Waals surface area contributed by atoms with Crippen LogP contribution in [0.5, 0.6) is 5.75 Å². The van der Waals surface area contributed by atoms with Crippen molar-refractivity contribution in [2.75, 3.05) is 11.9 Å². The number of amides is 1. The molecule has 108 valence electrons. The van der Waals surface area contributed by atoms with Crippen LogP contribution in [0.2, 0.25) is 0 Å². The van der Waals surface area contributed by atoms with Gasteiger partial charge in [0.25, 0.3) is 0 Å². The average molecular weight is 300 g/mol. The molecule has 0 saturated carbocycles. The van der Waals surface area contributed by atoms with Gasteiger partial charge in [-0.3, -0.25) is 4.79 Å². The molecule has 0 aromatic heterocycles. The number of hydrogen-bond donors (Lipinski definition) is 2. The summed E-state index contributed by atoms with van der Waals surface area (Å²) in [5.74, 6) is 0.599. The van der Waals surface area contributed by atoms with Crippen LogP contribution in [0.3, 0.4) is 0 Å². The van der Waals surface area contributed by atoms with Crippen LogP contribution in [0.15, 0.2) is 54.6 Å². The molecule has 1 amide bonds. The molecule has 2 aromatic rings. The van der Waals surface area contributed by atoms with E-state index in [0.29, 0.717) is 17.2 Å². The first-order valence-corrected chi connectivity index (χ1v) is 6.89. The Morgan fingerprint density at radius 1 is 1.10 bits per heavy atom. The number of ether oxygens (including phenoxy) is 1. The molecular weight excluding hydrogens is 284 g/mol. The molecule has 2 aromatic carbocycles. The minimum absolute atomic E-state index is 0.0574. The molecule has 0 spiro atoms. The Kier molecular flexibility index (Phi) is 5.29. The minimum Gasteiger partial charge on any atom is -0.487 e. The number of thiocarbonyl (C=S) groups is 1. The van der Waals surface area contributed by atoms with Crippen molar-refractivity contribution < 1.29 is 9.53 Å². The van der Waals surface area contributed by atoms with Gasteiger partial charge in [-0.2, -0.15) is 0 Å². The summed E-state index contributed by atoms with van der Waals surface area (Å²) in [6, 6.07) is 16.7. The third-order valence-corrected chi connectivity index (χ3v) is 2.84. The Hall–Kier alpha value is -2.40. The first-order valence-electron chi connectivity index (χ1n) is 6.48. The van der Waals surface area contributed by atoms with E-state index >= 15 is 0 Å². The molecular formula is C16H16N2O2S. The topological polar surface area (TPSA) is 64.3 Å². The molecule has 0 saturated heterocycles. The third-order valence-electron chi connectivity index (χ3n) is 2.73. The van der Waals surface area contributed by atoms with Crippen LogP contribution in [-0.2, 0) is 11.2 Å². The fourth-order valence-electron chi connectivity index (χ4n) is 1.78. The highest BCUT2D eigenvalue weighted by Gasteiger charge is 2.04. The van der Waals surface area contributed by atoms with Gasteiger partial charge in [0.2, 0.25) is 5.91 Å². The SMILES string of the molecule is NC(=S)COc1ccc(NC(=O)Cc2ccccc2)cc1. The number of rotatable bonds is 6. The zero-order chi connectivity index (χ0) is 15.1. The summed E-state index contributed by atoms with van der Waals surface area (Å²) in [5, 5.41) is 2.84. The van der Waals surface area contributed by atoms with Crippen LogP contribution in [0, 0.1) is 0 Å². The second-order valence-electron chi connectivity index (χ2n) is 4.49. The van der Waals surface area contributed by atoms with E-state index in [1.807, 2.05) is 30.3 Å². The summed E-state index contributed by atoms with van der Waals surface area (Å²) >= 11 is 4.74. The molecule has 21 heavy (non-hydrogen) atoms. The zero-order valence-electron chi connectivity index (χ0n) is 11.4. The normalized spacial score (nSPS) is 9.90. The molecule has 5 heteroatoms. The van der Waals surface area contributed by atoms with Gasteiger partial charge in [-0.25, -0.2) is 0 Å². The molecule has 0 aliphatic carbocycles. The van der Waals surface area contributed by atoms with Gasteiger partial charge in [0.1, 0.15) is 17.3 Å². The lowest BCUT2D eigenvalue weighted by Gasteiger charge is -2.08. The monoisotopic (exact) mass is 300 g/mol. The van der Waals surface area contributed by atoms with Crippen LogP contribution >= 0.6 is 12.2 Å². The third kappa shape index (κ3) is 5.24. The molecule has 0 unspecified atom stereocenters. The molecule has 0 fully saturated rings. The Bertz CT molecular complexity index is 612. The Morgan fingerprint density at radius 2 is 1.76 bits per heavy atom. The van der Waals surface area contributed by atoms with Crippen molar-refractivity contribution in [2.45, 2.75) is 6.42 Å². The summed E-state index contributed by atoms with van der Waals surface area (Å²) in [6.07, 6.45) is 0.348. The van der Waals surface area contributed by atoms with Crippen LogP contribution < -0.4 is 15.8 Å². The van der Waals surface area contributed by atoms with E-state index in [1.54, 1.807) is 24.3 Å². The number of nitrogens with one attached hydrogen (secondary N) is 1. The smallest absolute Gasteiger partial charge is 0.228 e. The summed E-state index contributed by atoms with van der Waals surface area (Å²) in [6.45, 7) is 0.203. The second kappa shape index (κ2) is 7.40. The van der Waals surface area contributed by atoms with Crippen molar-refractivity contribution in [3.8, 4) is 5.75 Å². The number of hydrogen-bond acceptors (Lipinski definition) is 3. The lowest BCUT2D eigenvalue weighted by Crippen LogP contribution is -2.17. The van der Waals surface area contributed by atoms with Gasteiger partial charge in [0.15, 0.2) is 0 Å². The number of nitrogens with two attached hydrogens (primary N) is 1. The lowest BCUT2D eigenvalue weighted by atomic mass is 10.1. The van der Waals surface area contributed by atoms with E-state index < -0.39 is 0 Å². The molecule has 0 radical (unpaired) electrons. The fourth-order valence-corrected chi connectivity index (χ4v) is 1.83. The molecule has 2 rings (SSSR count). The first-order chi connectivity index (χ1) is 10.1. The summed E-state index contributed by atoms with van der Waals surface area (Å²) < 4.78 is 5.34. The summed E-state index contributed by atoms with van der Waals surface area (Å²) in [5.41, 5.74) is 7.06. The lowest BCUT2D eigenvalue weighted by molar-refractivity contribution is -0.115. The van der Waals surface area contributed by atoms with Gasteiger partial charge in [-0.1, -0.05) is 42.5 Å². The second-order valence-corrected chi connectivity index (χ2v) is 5.01. The van der Waals surface area contributed by atoms with Crippen molar-refractivity contribution in [1.82, 2.24) is 0 Å². The number of carbonyl (C=O) groups is 1. The Labute approximate surface area is 128 Å². The number of carbonyl (C=O) groups excluding carboxylic acids is 1. The largest absolute Gasteiger partial charge is 0.487 e. The average Bonchev–Trinajstić information content (AvgIpc) is 2.47. The van der Waals surface area contributed by atoms with E-state index in [2.05, 4.69) is 5.32 Å². The zero-order valence-corrected chi connectivity index (χ0v) is 12.2. The number of anilines is 1. The number of benzene rings is 2. The minimum atomic E-state index is -0.0574. The fraction of sp³-hybridized carbons (Fsp3) is 0.125. The van der Waals surface area contributed by atoms with E-state index in [-0.39, 0.29) is 12.5 Å². The van der Waals surface area contributed by atoms with Gasteiger partial charge < -0.3 is 15.8 Å². The molecule has 0 atom stereocenters. The molecule has 4 nitrogen and oxygen atoms in total. The van der Waals surface area contributed by atoms with Crippen LogP contribution in [0.25, 0.3) is 0 Å². The maximum Gasteiger partial charge on any atom is 0.228 e. The Balaban J connectivity index is 1.88. The Morgan fingerprint density at radius 3 is 2.38 bits per heavy atom. The molecule has 0 bridgehead atoms. The molecule has 0 aliphatic rings. The van der Waals surface area contributed by atoms with Crippen molar-refractivity contribution in [3.63, 3.8) is 0 Å². The van der Waals surface area contributed by atoms with Gasteiger partial charge >= 0.3 is 0 Å². The van der Waals surface area contributed by atoms with Crippen LogP contribution in [0.1, 0.15) is 5.56 Å². The molecule has 0 aliphatic heterocycles. The van der Waals surface area contributed by atoms with Crippen molar-refractivity contribution in [3.05, 3.63) is 60.2 Å². The van der Waals surface area contributed by atoms with E-state index in [0.717, 1.165) is 11.3 Å². The van der Waals surface area contributed by atoms with Gasteiger partial charge in [0.05, 0.1) is 6.42 Å². The standard InChI is InChI=1S/C16H16N2O2S/c17-15(21)11-20-14-8-6-13(7-9-14)18-16(19)10-12-4-2-1-3-5-12/h1-9H,10-11H2,(H2,17,21)(H,18,19). The first kappa shape index (κ1) is 15.0. The quantitative estimate of drug-likeness (QED) is 0.805. The maximum absolute atomic E-state index is 11.9. The molecule has 0 heterocycles. The van der Waals surface area contributed by atoms with E-state index in [1.165, 1.54) is 0 Å². The maximum atomic E-state index is 11.9. The highest BCUT2D eigenvalue weighted by atomic mass is 32.1. The van der Waals surface area contributed by atoms with Crippen LogP contribution in [0.4, 0.5) is 5.69 Å². The van der Waals surface area contributed by atoms with Crippen molar-refractivity contribution >= 4 is 28.8 Å². The summed E-state index contributed by atoms with van der Waals surface area (Å²) in [7, 11) is 0. The van der Waals surface area contributed by atoms with Crippen LogP contribution in [-0.4, -0.2) is 17.5 Å².